The molecule has 4 heterocycles. The van der Waals surface area contributed by atoms with Gasteiger partial charge in [-0.2, -0.15) is 0 Å². The summed E-state index contributed by atoms with van der Waals surface area (Å²) >= 11 is 6.50. The minimum absolute atomic E-state index is 0.0973. The molecule has 1 spiro atoms. The van der Waals surface area contributed by atoms with E-state index in [-0.39, 0.29) is 36.7 Å². The molecule has 0 bridgehead atoms. The molecule has 4 amide bonds. The number of halogens is 3. The van der Waals surface area contributed by atoms with Crippen LogP contribution in [0.3, 0.4) is 0 Å². The van der Waals surface area contributed by atoms with Crippen molar-refractivity contribution < 1.29 is 23.2 Å². The number of carbonyl (C=O) groups is 3. The minimum atomic E-state index is -2.64. The first-order valence-electron chi connectivity index (χ1n) is 13.6. The van der Waals surface area contributed by atoms with E-state index in [0.717, 1.165) is 38.8 Å². The predicted molar refractivity (Wildman–Crippen MR) is 141 cm³/mol. The van der Waals surface area contributed by atoms with E-state index in [1.807, 2.05) is 4.90 Å². The maximum Gasteiger partial charge on any atom is 0.328 e. The van der Waals surface area contributed by atoms with E-state index in [9.17, 15) is 23.2 Å². The highest BCUT2D eigenvalue weighted by Gasteiger charge is 2.44. The van der Waals surface area contributed by atoms with Gasteiger partial charge in [0.05, 0.1) is 17.3 Å². The molecule has 4 fully saturated rings. The van der Waals surface area contributed by atoms with E-state index in [2.05, 4.69) is 15.5 Å². The fourth-order valence-electron chi connectivity index (χ4n) is 6.36. The van der Waals surface area contributed by atoms with Crippen LogP contribution in [0.2, 0.25) is 5.02 Å². The van der Waals surface area contributed by atoms with Crippen LogP contribution in [0.4, 0.5) is 19.3 Å². The second kappa shape index (κ2) is 10.7. The summed E-state index contributed by atoms with van der Waals surface area (Å²) in [4.78, 5) is 42.9. The Morgan fingerprint density at radius 2 is 1.76 bits per heavy atom. The maximum atomic E-state index is 14.3. The Bertz CT molecular complexity index is 1100. The standard InChI is InChI=1S/C27H36ClF2N5O3/c1-18-14-19(15-21(23(18)28)35-9-3-22(36)32-25(35)38)24(37)34-12-6-26(7-13-34)4-10-33(11-5-26)16-20-2-8-31-17-27(20,29)30/h14-15,20,31H,2-13,16-17H2,1H3,(H,32,36,38). The van der Waals surface area contributed by atoms with Gasteiger partial charge in [0.25, 0.3) is 11.8 Å². The van der Waals surface area contributed by atoms with Crippen molar-refractivity contribution in [1.29, 1.82) is 0 Å². The van der Waals surface area contributed by atoms with E-state index >= 15 is 0 Å². The van der Waals surface area contributed by atoms with E-state index in [4.69, 9.17) is 11.6 Å². The number of anilines is 1. The van der Waals surface area contributed by atoms with Crippen molar-refractivity contribution in [2.45, 2.75) is 51.4 Å². The fourth-order valence-corrected chi connectivity index (χ4v) is 6.58. The summed E-state index contributed by atoms with van der Waals surface area (Å²) in [5.41, 5.74) is 1.75. The monoisotopic (exact) mass is 551 g/mol. The van der Waals surface area contributed by atoms with Gasteiger partial charge in [-0.3, -0.25) is 19.8 Å². The number of carbonyl (C=O) groups excluding carboxylic acids is 3. The number of alkyl halides is 2. The highest BCUT2D eigenvalue weighted by atomic mass is 35.5. The molecule has 5 rings (SSSR count). The zero-order valence-corrected chi connectivity index (χ0v) is 22.6. The molecule has 0 radical (unpaired) electrons. The first-order valence-corrected chi connectivity index (χ1v) is 14.0. The van der Waals surface area contributed by atoms with Crippen molar-refractivity contribution in [1.82, 2.24) is 20.4 Å². The number of rotatable bonds is 4. The van der Waals surface area contributed by atoms with Crippen LogP contribution in [0.5, 0.6) is 0 Å². The Balaban J connectivity index is 1.19. The van der Waals surface area contributed by atoms with Gasteiger partial charge in [-0.15, -0.1) is 0 Å². The van der Waals surface area contributed by atoms with Gasteiger partial charge in [-0.25, -0.2) is 13.6 Å². The van der Waals surface area contributed by atoms with Crippen molar-refractivity contribution in [2.75, 3.05) is 57.3 Å². The van der Waals surface area contributed by atoms with Crippen LogP contribution in [0.15, 0.2) is 12.1 Å². The molecule has 208 valence electrons. The summed E-state index contributed by atoms with van der Waals surface area (Å²) in [6, 6.07) is 2.86. The highest BCUT2D eigenvalue weighted by Crippen LogP contribution is 2.42. The second-order valence-electron chi connectivity index (χ2n) is 11.4. The lowest BCUT2D eigenvalue weighted by Gasteiger charge is -2.48. The van der Waals surface area contributed by atoms with Crippen LogP contribution >= 0.6 is 11.6 Å². The van der Waals surface area contributed by atoms with E-state index < -0.39 is 17.9 Å². The van der Waals surface area contributed by atoms with Gasteiger partial charge in [0.2, 0.25) is 5.91 Å². The number of aryl methyl sites for hydroxylation is 1. The molecule has 11 heteroatoms. The van der Waals surface area contributed by atoms with Gasteiger partial charge in [-0.1, -0.05) is 11.6 Å². The molecule has 8 nitrogen and oxygen atoms in total. The molecule has 1 aromatic carbocycles. The molecule has 4 saturated heterocycles. The number of nitrogens with zero attached hydrogens (tertiary/aromatic N) is 3. The summed E-state index contributed by atoms with van der Waals surface area (Å²) in [6.07, 6.45) is 4.42. The van der Waals surface area contributed by atoms with E-state index in [1.165, 1.54) is 4.90 Å². The molecule has 0 aromatic heterocycles. The van der Waals surface area contributed by atoms with E-state index in [0.29, 0.717) is 54.4 Å². The number of hydrogen-bond donors (Lipinski definition) is 2. The van der Waals surface area contributed by atoms with Crippen molar-refractivity contribution in [3.05, 3.63) is 28.3 Å². The number of likely N-dealkylation sites (tertiary alicyclic amines) is 2. The number of nitrogens with one attached hydrogen (secondary N) is 2. The lowest BCUT2D eigenvalue weighted by atomic mass is 9.71. The molecule has 0 aliphatic carbocycles. The average Bonchev–Trinajstić information content (AvgIpc) is 2.88. The number of urea groups is 1. The van der Waals surface area contributed by atoms with Gasteiger partial charge in [-0.05, 0) is 81.8 Å². The first kappa shape index (κ1) is 27.3. The SMILES string of the molecule is Cc1cc(C(=O)N2CCC3(CCN(CC4CCNCC4(F)F)CC3)CC2)cc(N2CCC(=O)NC2=O)c1Cl. The number of hydrogen-bond acceptors (Lipinski definition) is 5. The molecule has 1 unspecified atom stereocenters. The smallest absolute Gasteiger partial charge is 0.328 e. The van der Waals surface area contributed by atoms with E-state index in [1.54, 1.807) is 19.1 Å². The predicted octanol–water partition coefficient (Wildman–Crippen LogP) is 3.66. The normalized spacial score (nSPS) is 25.9. The lowest BCUT2D eigenvalue weighted by Crippen LogP contribution is -2.53. The van der Waals surface area contributed by atoms with Gasteiger partial charge in [0, 0.05) is 44.1 Å². The second-order valence-corrected chi connectivity index (χ2v) is 11.8. The average molecular weight is 552 g/mol. The minimum Gasteiger partial charge on any atom is -0.339 e. The van der Waals surface area contributed by atoms with Crippen LogP contribution in [-0.4, -0.2) is 85.9 Å². The lowest BCUT2D eigenvalue weighted by molar-refractivity contribution is -0.120. The summed E-state index contributed by atoms with van der Waals surface area (Å²) in [7, 11) is 0. The van der Waals surface area contributed by atoms with Crippen molar-refractivity contribution in [3.63, 3.8) is 0 Å². The van der Waals surface area contributed by atoms with Crippen LogP contribution < -0.4 is 15.5 Å². The molecular formula is C27H36ClF2N5O3. The van der Waals surface area contributed by atoms with Crippen LogP contribution in [-0.2, 0) is 4.79 Å². The Morgan fingerprint density at radius 3 is 2.42 bits per heavy atom. The molecule has 1 atom stereocenters. The third-order valence-corrected chi connectivity index (χ3v) is 9.45. The van der Waals surface area contributed by atoms with Crippen molar-refractivity contribution in [2.24, 2.45) is 11.3 Å². The third kappa shape index (κ3) is 5.53. The van der Waals surface area contributed by atoms with Crippen LogP contribution in [0.25, 0.3) is 0 Å². The number of piperidine rings is 3. The van der Waals surface area contributed by atoms with Gasteiger partial charge in [0.15, 0.2) is 0 Å². The maximum absolute atomic E-state index is 14.3. The third-order valence-electron chi connectivity index (χ3n) is 8.96. The Morgan fingerprint density at radius 1 is 1.08 bits per heavy atom. The number of benzene rings is 1. The van der Waals surface area contributed by atoms with Gasteiger partial charge < -0.3 is 15.1 Å². The first-order chi connectivity index (χ1) is 18.1. The molecule has 2 N–H and O–H groups in total. The quantitative estimate of drug-likeness (QED) is 0.597. The van der Waals surface area contributed by atoms with Crippen molar-refractivity contribution in [3.8, 4) is 0 Å². The van der Waals surface area contributed by atoms with Gasteiger partial charge in [0.1, 0.15) is 0 Å². The summed E-state index contributed by atoms with van der Waals surface area (Å²) in [5, 5.41) is 5.49. The Hall–Kier alpha value is -2.30. The van der Waals surface area contributed by atoms with Gasteiger partial charge >= 0.3 is 6.03 Å². The zero-order valence-electron chi connectivity index (χ0n) is 21.8. The zero-order chi connectivity index (χ0) is 27.1. The molecular weight excluding hydrogens is 516 g/mol. The number of amides is 4. The molecule has 38 heavy (non-hydrogen) atoms. The number of imide groups is 1. The molecule has 4 aliphatic rings. The summed E-state index contributed by atoms with van der Waals surface area (Å²) in [5.74, 6) is -3.65. The topological polar surface area (TPSA) is 85.0 Å². The van der Waals surface area contributed by atoms with Crippen molar-refractivity contribution >= 4 is 35.1 Å². The molecule has 0 saturated carbocycles. The van der Waals surface area contributed by atoms with Crippen LogP contribution in [0.1, 0.15) is 54.4 Å². The highest BCUT2D eigenvalue weighted by molar-refractivity contribution is 6.35. The Kier molecular flexibility index (Phi) is 7.68. The largest absolute Gasteiger partial charge is 0.339 e. The fraction of sp³-hybridized carbons (Fsp3) is 0.667. The molecule has 4 aliphatic heterocycles. The van der Waals surface area contributed by atoms with Crippen LogP contribution in [0, 0.1) is 18.3 Å². The summed E-state index contributed by atoms with van der Waals surface area (Å²) in [6.45, 7) is 5.83. The molecule has 1 aromatic rings. The Labute approximate surface area is 227 Å². The summed E-state index contributed by atoms with van der Waals surface area (Å²) < 4.78 is 28.5.